The summed E-state index contributed by atoms with van der Waals surface area (Å²) in [5, 5.41) is 10.2. The number of hydrogen-bond acceptors (Lipinski definition) is 8. The third-order valence-electron chi connectivity index (χ3n) is 3.53. The Morgan fingerprint density at radius 1 is 1.40 bits per heavy atom. The molecule has 1 saturated heterocycles. The third kappa shape index (κ3) is 4.51. The highest BCUT2D eigenvalue weighted by molar-refractivity contribution is 5.66. The van der Waals surface area contributed by atoms with Gasteiger partial charge in [0, 0.05) is 20.3 Å². The first-order valence-corrected chi connectivity index (χ1v) is 7.34. The summed E-state index contributed by atoms with van der Waals surface area (Å²) >= 11 is 0. The average molecular weight is 359 g/mol. The molecule has 25 heavy (non-hydrogen) atoms. The molecule has 1 aromatic rings. The topological polar surface area (TPSA) is 137 Å². The van der Waals surface area contributed by atoms with E-state index < -0.39 is 53.5 Å². The van der Waals surface area contributed by atoms with Crippen LogP contribution in [0, 0.1) is 5.82 Å². The monoisotopic (exact) mass is 359 g/mol. The van der Waals surface area contributed by atoms with Gasteiger partial charge in [-0.25, -0.2) is 4.79 Å². The maximum atomic E-state index is 13.5. The van der Waals surface area contributed by atoms with Crippen molar-refractivity contribution in [3.63, 3.8) is 0 Å². The number of nitrogens with zero attached hydrogens (tertiary/aromatic N) is 1. The molecule has 2 heterocycles. The molecule has 1 fully saturated rings. The van der Waals surface area contributed by atoms with Crippen LogP contribution in [-0.4, -0.2) is 51.5 Å². The summed E-state index contributed by atoms with van der Waals surface area (Å²) in [4.78, 5) is 46.9. The lowest BCUT2D eigenvalue weighted by atomic mass is 10.0. The zero-order valence-electron chi connectivity index (χ0n) is 13.4. The van der Waals surface area contributed by atoms with Crippen LogP contribution >= 0.6 is 0 Å². The first-order chi connectivity index (χ1) is 11.7. The summed E-state index contributed by atoms with van der Waals surface area (Å²) in [7, 11) is 0. The van der Waals surface area contributed by atoms with E-state index in [0.717, 1.165) is 18.4 Å². The Hall–Kier alpha value is -2.53. The minimum atomic E-state index is -1.33. The van der Waals surface area contributed by atoms with Crippen LogP contribution < -0.4 is 11.2 Å². The van der Waals surface area contributed by atoms with Crippen LogP contribution in [-0.2, 0) is 23.8 Å². The number of carbonyl (C=O) groups excluding carboxylic acids is 2. The molecule has 0 aromatic carbocycles. The van der Waals surface area contributed by atoms with Gasteiger partial charge in [-0.2, -0.15) is 4.39 Å². The van der Waals surface area contributed by atoms with Gasteiger partial charge in [0.1, 0.15) is 31.1 Å². The molecular weight excluding hydrogens is 342 g/mol. The summed E-state index contributed by atoms with van der Waals surface area (Å²) in [5.74, 6) is -2.53. The van der Waals surface area contributed by atoms with Crippen molar-refractivity contribution in [2.45, 2.75) is 44.8 Å². The van der Waals surface area contributed by atoms with Crippen LogP contribution in [0.2, 0.25) is 0 Å². The number of halogens is 1. The maximum Gasteiger partial charge on any atom is 0.330 e. The molecule has 0 saturated carbocycles. The van der Waals surface area contributed by atoms with E-state index in [1.807, 2.05) is 0 Å². The van der Waals surface area contributed by atoms with Crippen LogP contribution in [0.3, 0.4) is 0 Å². The number of aromatic amines is 1. The molecule has 1 aliphatic heterocycles. The van der Waals surface area contributed by atoms with E-state index in [9.17, 15) is 28.7 Å². The fourth-order valence-corrected chi connectivity index (χ4v) is 2.44. The summed E-state index contributed by atoms with van der Waals surface area (Å²) in [6.45, 7) is 1.91. The molecule has 1 aromatic heterocycles. The first-order valence-electron chi connectivity index (χ1n) is 7.34. The third-order valence-corrected chi connectivity index (χ3v) is 3.53. The minimum absolute atomic E-state index is 0.178. The molecule has 1 aliphatic rings. The highest BCUT2D eigenvalue weighted by Crippen LogP contribution is 2.29. The smallest absolute Gasteiger partial charge is 0.330 e. The predicted octanol–water partition coefficient (Wildman–Crippen LogP) is -1.18. The molecule has 0 amide bonds. The van der Waals surface area contributed by atoms with E-state index in [1.54, 1.807) is 4.98 Å². The Morgan fingerprint density at radius 2 is 2.08 bits per heavy atom. The molecule has 11 heteroatoms. The number of aliphatic hydroxyl groups excluding tert-OH is 1. The van der Waals surface area contributed by atoms with Crippen molar-refractivity contribution in [2.75, 3.05) is 6.61 Å². The number of ether oxygens (including phenoxy) is 3. The SMILES string of the molecule is CC(=O)OC[C@H]1O[C@@H](n2cc([18F])c(=O)[nH]c2=O)C[C@@H](OC(C)=O)[C@@H]1O. The average Bonchev–Trinajstić information content (AvgIpc) is 2.51. The summed E-state index contributed by atoms with van der Waals surface area (Å²) in [5.41, 5.74) is -2.13. The van der Waals surface area contributed by atoms with Gasteiger partial charge in [0.15, 0.2) is 0 Å². The Labute approximate surface area is 140 Å². The number of rotatable bonds is 4. The lowest BCUT2D eigenvalue weighted by Crippen LogP contribution is -2.52. The van der Waals surface area contributed by atoms with Crippen molar-refractivity contribution in [3.05, 3.63) is 32.9 Å². The molecule has 4 atom stereocenters. The van der Waals surface area contributed by atoms with Crippen molar-refractivity contribution in [1.29, 1.82) is 0 Å². The van der Waals surface area contributed by atoms with Gasteiger partial charge in [-0.15, -0.1) is 0 Å². The number of esters is 2. The predicted molar refractivity (Wildman–Crippen MR) is 78.0 cm³/mol. The number of aliphatic hydroxyl groups is 1. The maximum absolute atomic E-state index is 13.5. The Bertz CT molecular complexity index is 773. The van der Waals surface area contributed by atoms with E-state index in [0.29, 0.717) is 6.20 Å². The van der Waals surface area contributed by atoms with Crippen LogP contribution in [0.5, 0.6) is 0 Å². The zero-order chi connectivity index (χ0) is 18.7. The van der Waals surface area contributed by atoms with Crippen molar-refractivity contribution < 1.29 is 33.3 Å². The van der Waals surface area contributed by atoms with Crippen molar-refractivity contribution in [2.24, 2.45) is 0 Å². The number of nitrogens with one attached hydrogen (secondary N) is 1. The molecular formula is C14H17FN2O8. The van der Waals surface area contributed by atoms with Crippen molar-refractivity contribution in [1.82, 2.24) is 9.55 Å². The Kier molecular flexibility index (Phi) is 5.69. The van der Waals surface area contributed by atoms with Gasteiger partial charge in [0.25, 0.3) is 5.56 Å². The van der Waals surface area contributed by atoms with Gasteiger partial charge < -0.3 is 19.3 Å². The Balaban J connectivity index is 2.32. The second kappa shape index (κ2) is 7.57. The van der Waals surface area contributed by atoms with Gasteiger partial charge in [0.2, 0.25) is 5.82 Å². The molecule has 0 spiro atoms. The molecule has 0 radical (unpaired) electrons. The lowest BCUT2D eigenvalue weighted by molar-refractivity contribution is -0.217. The van der Waals surface area contributed by atoms with Gasteiger partial charge in [-0.3, -0.25) is 23.9 Å². The molecule has 138 valence electrons. The fraction of sp³-hybridized carbons (Fsp3) is 0.571. The van der Waals surface area contributed by atoms with Crippen molar-refractivity contribution >= 4 is 11.9 Å². The standard InChI is InChI=1S/C14H17FN2O8/c1-6(18)23-5-10-12(20)9(24-7(2)19)3-11(25-10)17-4-8(15)13(21)16-14(17)22/h4,9-12,20H,3,5H2,1-2H3,(H,16,21,22)/t9-,10-,11-,12+/m1/s1/i15-1. The van der Waals surface area contributed by atoms with Gasteiger partial charge >= 0.3 is 17.6 Å². The molecule has 0 unspecified atom stereocenters. The zero-order valence-corrected chi connectivity index (χ0v) is 13.4. The highest BCUT2D eigenvalue weighted by atomic mass is 18.2. The molecule has 0 aliphatic carbocycles. The number of carbonyl (C=O) groups is 2. The number of H-pyrrole nitrogens is 1. The lowest BCUT2D eigenvalue weighted by Gasteiger charge is -2.38. The highest BCUT2D eigenvalue weighted by Gasteiger charge is 2.41. The largest absolute Gasteiger partial charge is 0.463 e. The van der Waals surface area contributed by atoms with Crippen LogP contribution in [0.4, 0.5) is 4.39 Å². The molecule has 0 bridgehead atoms. The summed E-state index contributed by atoms with van der Waals surface area (Å²) in [6, 6.07) is 0. The molecule has 2 rings (SSSR count). The first kappa shape index (κ1) is 18.8. The van der Waals surface area contributed by atoms with E-state index >= 15 is 0 Å². The van der Waals surface area contributed by atoms with E-state index in [-0.39, 0.29) is 13.0 Å². The van der Waals surface area contributed by atoms with Crippen LogP contribution in [0.15, 0.2) is 15.8 Å². The van der Waals surface area contributed by atoms with E-state index in [4.69, 9.17) is 14.2 Å². The molecule has 2 N–H and O–H groups in total. The van der Waals surface area contributed by atoms with Gasteiger partial charge in [-0.05, 0) is 0 Å². The van der Waals surface area contributed by atoms with Gasteiger partial charge in [0.05, 0.1) is 6.20 Å². The quantitative estimate of drug-likeness (QED) is 0.641. The van der Waals surface area contributed by atoms with Crippen molar-refractivity contribution in [3.8, 4) is 0 Å². The number of hydrogen-bond donors (Lipinski definition) is 2. The summed E-state index contributed by atoms with van der Waals surface area (Å²) in [6.07, 6.45) is -4.23. The number of aromatic nitrogens is 2. The second-order valence-corrected chi connectivity index (χ2v) is 5.45. The van der Waals surface area contributed by atoms with Crippen LogP contribution in [0.1, 0.15) is 26.5 Å². The minimum Gasteiger partial charge on any atom is -0.463 e. The fourth-order valence-electron chi connectivity index (χ4n) is 2.44. The second-order valence-electron chi connectivity index (χ2n) is 5.45. The van der Waals surface area contributed by atoms with E-state index in [2.05, 4.69) is 0 Å². The van der Waals surface area contributed by atoms with E-state index in [1.165, 1.54) is 0 Å². The molecule has 10 nitrogen and oxygen atoms in total. The van der Waals surface area contributed by atoms with Gasteiger partial charge in [-0.1, -0.05) is 0 Å². The summed E-state index contributed by atoms with van der Waals surface area (Å²) < 4.78 is 29.5. The Morgan fingerprint density at radius 3 is 2.68 bits per heavy atom. The normalized spacial score (nSPS) is 26.1. The van der Waals surface area contributed by atoms with Crippen LogP contribution in [0.25, 0.3) is 0 Å².